The number of aromatic nitrogens is 2. The molecule has 1 saturated heterocycles. The van der Waals surface area contributed by atoms with Gasteiger partial charge in [-0.2, -0.15) is 13.2 Å². The lowest BCUT2D eigenvalue weighted by atomic mass is 9.80. The molecule has 4 rings (SSSR count). The van der Waals surface area contributed by atoms with E-state index in [0.29, 0.717) is 11.4 Å². The summed E-state index contributed by atoms with van der Waals surface area (Å²) < 4.78 is 39.2. The predicted octanol–water partition coefficient (Wildman–Crippen LogP) is 3.75. The molecular formula is C25H32F3N5O2. The maximum absolute atomic E-state index is 13.1. The Hall–Kier alpha value is -2.72. The normalized spacial score (nSPS) is 19.0. The fourth-order valence-corrected chi connectivity index (χ4v) is 5.07. The number of likely N-dealkylation sites (tertiary alicyclic amines) is 1. The lowest BCUT2D eigenvalue weighted by Gasteiger charge is -2.40. The Morgan fingerprint density at radius 3 is 2.69 bits per heavy atom. The second-order valence-electron chi connectivity index (χ2n) is 9.56. The fraction of sp³-hybridized carbons (Fsp3) is 0.560. The van der Waals surface area contributed by atoms with Crippen molar-refractivity contribution in [3.05, 3.63) is 42.2 Å². The van der Waals surface area contributed by atoms with Crippen LogP contribution < -0.4 is 10.6 Å². The van der Waals surface area contributed by atoms with Crippen LogP contribution in [0.2, 0.25) is 0 Å². The summed E-state index contributed by atoms with van der Waals surface area (Å²) in [5.74, 6) is 0.247. The van der Waals surface area contributed by atoms with Gasteiger partial charge in [-0.05, 0) is 56.3 Å². The highest BCUT2D eigenvalue weighted by molar-refractivity contribution is 5.91. The van der Waals surface area contributed by atoms with Gasteiger partial charge in [-0.3, -0.25) is 9.69 Å². The van der Waals surface area contributed by atoms with E-state index in [0.717, 1.165) is 63.9 Å². The quantitative estimate of drug-likeness (QED) is 0.439. The first-order valence-corrected chi connectivity index (χ1v) is 12.1. The van der Waals surface area contributed by atoms with E-state index in [1.165, 1.54) is 12.4 Å². The van der Waals surface area contributed by atoms with Crippen LogP contribution >= 0.6 is 0 Å². The van der Waals surface area contributed by atoms with E-state index in [9.17, 15) is 23.1 Å². The fourth-order valence-electron chi connectivity index (χ4n) is 5.07. The number of carbonyl (C=O) groups is 1. The van der Waals surface area contributed by atoms with Gasteiger partial charge in [0.2, 0.25) is 5.91 Å². The van der Waals surface area contributed by atoms with Crippen molar-refractivity contribution in [3.8, 4) is 0 Å². The molecule has 1 atom stereocenters. The van der Waals surface area contributed by atoms with Crippen molar-refractivity contribution in [2.75, 3.05) is 31.5 Å². The molecule has 0 saturated carbocycles. The van der Waals surface area contributed by atoms with E-state index in [4.69, 9.17) is 0 Å². The number of nitrogens with one attached hydrogen (secondary N) is 2. The molecule has 3 N–H and O–H groups in total. The molecular weight excluding hydrogens is 459 g/mol. The highest BCUT2D eigenvalue weighted by atomic mass is 19.4. The number of nitrogens with zero attached hydrogens (tertiary/aromatic N) is 3. The number of carbonyl (C=O) groups excluding carboxylic acids is 1. The van der Waals surface area contributed by atoms with Gasteiger partial charge in [-0.25, -0.2) is 9.97 Å². The molecule has 0 spiro atoms. The van der Waals surface area contributed by atoms with Crippen LogP contribution in [0.25, 0.3) is 10.9 Å². The largest absolute Gasteiger partial charge is 0.416 e. The molecule has 1 aliphatic heterocycles. The summed E-state index contributed by atoms with van der Waals surface area (Å²) in [5, 5.41) is 16.8. The van der Waals surface area contributed by atoms with Crippen LogP contribution in [0.15, 0.2) is 36.7 Å². The molecule has 35 heavy (non-hydrogen) atoms. The van der Waals surface area contributed by atoms with Crippen LogP contribution in [0.5, 0.6) is 0 Å². The van der Waals surface area contributed by atoms with Gasteiger partial charge in [0.15, 0.2) is 0 Å². The molecule has 2 heterocycles. The summed E-state index contributed by atoms with van der Waals surface area (Å²) in [6.07, 6.45) is 5.34. The summed E-state index contributed by atoms with van der Waals surface area (Å²) in [6.45, 7) is 4.49. The number of amides is 1. The monoisotopic (exact) mass is 491 g/mol. The van der Waals surface area contributed by atoms with Crippen molar-refractivity contribution in [1.29, 1.82) is 0 Å². The molecule has 1 aromatic carbocycles. The zero-order valence-electron chi connectivity index (χ0n) is 19.8. The van der Waals surface area contributed by atoms with E-state index in [1.807, 2.05) is 0 Å². The minimum atomic E-state index is -4.47. The van der Waals surface area contributed by atoms with Crippen molar-refractivity contribution in [2.24, 2.45) is 5.92 Å². The highest BCUT2D eigenvalue weighted by Gasteiger charge is 2.36. The topological polar surface area (TPSA) is 90.4 Å². The van der Waals surface area contributed by atoms with Crippen LogP contribution in [0.4, 0.5) is 19.0 Å². The Morgan fingerprint density at radius 1 is 1.26 bits per heavy atom. The number of anilines is 1. The zero-order chi connectivity index (χ0) is 25.1. The molecule has 2 aliphatic rings. The number of rotatable bonds is 10. The third-order valence-corrected chi connectivity index (χ3v) is 7.09. The molecule has 10 heteroatoms. The average molecular weight is 492 g/mol. The van der Waals surface area contributed by atoms with E-state index < -0.39 is 17.3 Å². The second kappa shape index (κ2) is 10.5. The van der Waals surface area contributed by atoms with E-state index in [1.54, 1.807) is 0 Å². The van der Waals surface area contributed by atoms with Gasteiger partial charge in [0, 0.05) is 18.5 Å². The van der Waals surface area contributed by atoms with Crippen molar-refractivity contribution in [3.63, 3.8) is 0 Å². The maximum Gasteiger partial charge on any atom is 0.416 e. The van der Waals surface area contributed by atoms with Crippen molar-refractivity contribution in [1.82, 2.24) is 20.2 Å². The van der Waals surface area contributed by atoms with Gasteiger partial charge >= 0.3 is 6.18 Å². The Balaban J connectivity index is 1.19. The molecule has 7 nitrogen and oxygen atoms in total. The van der Waals surface area contributed by atoms with Gasteiger partial charge in [0.05, 0.1) is 29.3 Å². The SMILES string of the molecule is CCC(CCCN1CC(NC(=O)CNc2ncnc3ccc(C(F)(F)F)cc23)C1)C1(O)CC=CC1. The van der Waals surface area contributed by atoms with E-state index >= 15 is 0 Å². The Kier molecular flexibility index (Phi) is 7.61. The molecule has 0 bridgehead atoms. The van der Waals surface area contributed by atoms with Crippen LogP contribution in [0, 0.1) is 5.92 Å². The number of aliphatic hydroxyl groups is 1. The van der Waals surface area contributed by atoms with Crippen molar-refractivity contribution >= 4 is 22.6 Å². The van der Waals surface area contributed by atoms with Crippen LogP contribution in [0.1, 0.15) is 44.6 Å². The van der Waals surface area contributed by atoms with Crippen molar-refractivity contribution in [2.45, 2.75) is 56.8 Å². The summed E-state index contributed by atoms with van der Waals surface area (Å²) in [5.41, 5.74) is -1.01. The third-order valence-electron chi connectivity index (χ3n) is 7.09. The lowest BCUT2D eigenvalue weighted by molar-refractivity contribution is -0.137. The molecule has 1 fully saturated rings. The first-order valence-electron chi connectivity index (χ1n) is 12.1. The summed E-state index contributed by atoms with van der Waals surface area (Å²) in [4.78, 5) is 22.7. The van der Waals surface area contributed by atoms with Crippen LogP contribution in [-0.2, 0) is 11.0 Å². The first kappa shape index (κ1) is 25.4. The van der Waals surface area contributed by atoms with Gasteiger partial charge in [-0.1, -0.05) is 25.5 Å². The Bertz CT molecular complexity index is 1060. The minimum absolute atomic E-state index is 0.0495. The number of hydrogen-bond donors (Lipinski definition) is 3. The number of alkyl halides is 3. The average Bonchev–Trinajstić information content (AvgIpc) is 3.24. The van der Waals surface area contributed by atoms with Gasteiger partial charge in [0.1, 0.15) is 12.1 Å². The minimum Gasteiger partial charge on any atom is -0.389 e. The molecule has 1 aromatic heterocycles. The molecule has 0 radical (unpaired) electrons. The van der Waals surface area contributed by atoms with Crippen LogP contribution in [0.3, 0.4) is 0 Å². The van der Waals surface area contributed by atoms with Crippen LogP contribution in [-0.4, -0.2) is 63.7 Å². The number of hydrogen-bond acceptors (Lipinski definition) is 6. The molecule has 2 aromatic rings. The smallest absolute Gasteiger partial charge is 0.389 e. The maximum atomic E-state index is 13.1. The van der Waals surface area contributed by atoms with Crippen molar-refractivity contribution < 1.29 is 23.1 Å². The summed E-state index contributed by atoms with van der Waals surface area (Å²) >= 11 is 0. The third kappa shape index (κ3) is 6.10. The number of benzene rings is 1. The number of halogens is 3. The molecule has 1 aliphatic carbocycles. The summed E-state index contributed by atoms with van der Waals surface area (Å²) in [7, 11) is 0. The standard InChI is InChI=1S/C25H32F3N5O2/c1-2-17(24(35)9-3-4-10-24)6-5-11-33-14-19(15-33)32-22(34)13-29-23-20-12-18(25(26,27)28)7-8-21(20)30-16-31-23/h3-4,7-8,12,16-17,19,35H,2,5-6,9-11,13-15H2,1H3,(H,32,34)(H,29,30,31). The Morgan fingerprint density at radius 2 is 2.00 bits per heavy atom. The summed E-state index contributed by atoms with van der Waals surface area (Å²) in [6, 6.07) is 3.31. The molecule has 1 unspecified atom stereocenters. The molecule has 190 valence electrons. The van der Waals surface area contributed by atoms with Gasteiger partial charge in [-0.15, -0.1) is 0 Å². The molecule has 1 amide bonds. The van der Waals surface area contributed by atoms with Gasteiger partial charge in [0.25, 0.3) is 0 Å². The highest BCUT2D eigenvalue weighted by Crippen LogP contribution is 2.36. The predicted molar refractivity (Wildman–Crippen MR) is 128 cm³/mol. The van der Waals surface area contributed by atoms with Gasteiger partial charge < -0.3 is 15.7 Å². The first-order chi connectivity index (χ1) is 16.7. The van der Waals surface area contributed by atoms with E-state index in [2.05, 4.69) is 44.6 Å². The van der Waals surface area contributed by atoms with E-state index in [-0.39, 0.29) is 29.7 Å². The second-order valence-corrected chi connectivity index (χ2v) is 9.56. The Labute approximate surface area is 202 Å². The zero-order valence-corrected chi connectivity index (χ0v) is 19.8. The number of fused-ring (bicyclic) bond motifs is 1. The lowest BCUT2D eigenvalue weighted by Crippen LogP contribution is -2.60.